The fraction of sp³-hybridized carbons (Fsp3) is 0.429. The lowest BCUT2D eigenvalue weighted by Crippen LogP contribution is -2.39. The molecule has 0 aliphatic heterocycles. The van der Waals surface area contributed by atoms with Gasteiger partial charge in [-0.25, -0.2) is 0 Å². The number of amides is 1. The molecule has 0 aliphatic carbocycles. The zero-order valence-electron chi connectivity index (χ0n) is 11.3. The predicted octanol–water partition coefficient (Wildman–Crippen LogP) is 1.35. The maximum atomic E-state index is 12.0. The quantitative estimate of drug-likeness (QED) is 0.810. The lowest BCUT2D eigenvalue weighted by Gasteiger charge is -2.22. The number of nitrogens with one attached hydrogen (secondary N) is 1. The summed E-state index contributed by atoms with van der Waals surface area (Å²) in [6, 6.07) is 8.93. The number of nitriles is 1. The van der Waals surface area contributed by atoms with Crippen molar-refractivity contribution < 1.29 is 9.90 Å². The molecule has 5 nitrogen and oxygen atoms in total. The Labute approximate surface area is 113 Å². The number of hydrogen-bond donors (Lipinski definition) is 2. The molecule has 0 saturated heterocycles. The number of carbonyl (C=O) groups excluding carboxylic acids is 1. The van der Waals surface area contributed by atoms with E-state index in [1.807, 2.05) is 24.3 Å². The highest BCUT2D eigenvalue weighted by molar-refractivity contribution is 5.84. The minimum absolute atomic E-state index is 0.0279. The lowest BCUT2D eigenvalue weighted by molar-refractivity contribution is -0.130. The molecule has 0 aliphatic rings. The van der Waals surface area contributed by atoms with E-state index in [4.69, 9.17) is 10.4 Å². The van der Waals surface area contributed by atoms with Gasteiger partial charge < -0.3 is 15.3 Å². The lowest BCUT2D eigenvalue weighted by atomic mass is 10.2. The molecule has 102 valence electrons. The number of likely N-dealkylation sites (N-methyl/N-ethyl adjacent to an activating group) is 1. The van der Waals surface area contributed by atoms with Gasteiger partial charge in [-0.3, -0.25) is 4.79 Å². The van der Waals surface area contributed by atoms with Gasteiger partial charge in [-0.15, -0.1) is 0 Å². The van der Waals surface area contributed by atoms with Gasteiger partial charge in [-0.05, 0) is 24.6 Å². The van der Waals surface area contributed by atoms with E-state index in [2.05, 4.69) is 5.32 Å². The molecule has 0 fully saturated rings. The van der Waals surface area contributed by atoms with Crippen molar-refractivity contribution >= 4 is 11.6 Å². The van der Waals surface area contributed by atoms with Crippen LogP contribution in [0.25, 0.3) is 0 Å². The van der Waals surface area contributed by atoms with Crippen LogP contribution in [-0.2, 0) is 11.4 Å². The average Bonchev–Trinajstić information content (AvgIpc) is 2.43. The number of aliphatic hydroxyl groups excluding tert-OH is 1. The van der Waals surface area contributed by atoms with Crippen LogP contribution in [0.2, 0.25) is 0 Å². The number of rotatable bonds is 6. The molecule has 0 aromatic heterocycles. The van der Waals surface area contributed by atoms with E-state index < -0.39 is 0 Å². The molecule has 0 bridgehead atoms. The summed E-state index contributed by atoms with van der Waals surface area (Å²) < 4.78 is 0. The Hall–Kier alpha value is -2.06. The number of nitrogens with zero attached hydrogens (tertiary/aromatic N) is 2. The van der Waals surface area contributed by atoms with Crippen molar-refractivity contribution in [3.8, 4) is 6.07 Å². The molecule has 0 radical (unpaired) electrons. The summed E-state index contributed by atoms with van der Waals surface area (Å²) in [5.74, 6) is -0.0651. The molecule has 1 aromatic carbocycles. The van der Waals surface area contributed by atoms with Crippen molar-refractivity contribution in [2.75, 3.05) is 18.9 Å². The van der Waals surface area contributed by atoms with Crippen LogP contribution >= 0.6 is 0 Å². The molecular formula is C14H19N3O2. The Kier molecular flexibility index (Phi) is 5.83. The summed E-state index contributed by atoms with van der Waals surface area (Å²) in [6.07, 6.45) is 0.328. The first-order chi connectivity index (χ1) is 9.08. The van der Waals surface area contributed by atoms with Gasteiger partial charge in [0, 0.05) is 19.3 Å². The Bertz CT molecular complexity index is 468. The normalized spacial score (nSPS) is 11.5. The van der Waals surface area contributed by atoms with Crippen LogP contribution in [0.5, 0.6) is 0 Å². The molecule has 2 N–H and O–H groups in total. The maximum Gasteiger partial charge on any atom is 0.244 e. The van der Waals surface area contributed by atoms with Gasteiger partial charge in [0.05, 0.1) is 19.1 Å². The van der Waals surface area contributed by atoms with Crippen molar-refractivity contribution in [1.29, 1.82) is 5.26 Å². The molecule has 0 saturated carbocycles. The van der Waals surface area contributed by atoms with E-state index in [0.717, 1.165) is 11.3 Å². The fourth-order valence-electron chi connectivity index (χ4n) is 1.73. The summed E-state index contributed by atoms with van der Waals surface area (Å²) >= 11 is 0. The molecule has 0 spiro atoms. The zero-order valence-corrected chi connectivity index (χ0v) is 11.3. The number of aliphatic hydroxyl groups is 1. The first-order valence-corrected chi connectivity index (χ1v) is 6.16. The highest BCUT2D eigenvalue weighted by atomic mass is 16.3. The van der Waals surface area contributed by atoms with Gasteiger partial charge in [0.1, 0.15) is 6.04 Å². The van der Waals surface area contributed by atoms with Crippen LogP contribution < -0.4 is 5.32 Å². The van der Waals surface area contributed by atoms with Crippen molar-refractivity contribution in [2.45, 2.75) is 26.0 Å². The molecule has 19 heavy (non-hydrogen) atoms. The maximum absolute atomic E-state index is 12.0. The smallest absolute Gasteiger partial charge is 0.244 e. The summed E-state index contributed by atoms with van der Waals surface area (Å²) in [6.45, 7) is 2.18. The van der Waals surface area contributed by atoms with Crippen LogP contribution in [0, 0.1) is 11.3 Å². The second kappa shape index (κ2) is 7.39. The molecule has 1 amide bonds. The van der Waals surface area contributed by atoms with E-state index in [9.17, 15) is 4.79 Å². The Morgan fingerprint density at radius 1 is 1.58 bits per heavy atom. The topological polar surface area (TPSA) is 76.4 Å². The second-order valence-corrected chi connectivity index (χ2v) is 4.39. The standard InChI is InChI=1S/C14H19N3O2/c1-11(14(19)17(2)8-4-7-15)16-13-6-3-5-12(9-13)10-18/h3,5-6,9,11,16,18H,4,8,10H2,1-2H3. The third-order valence-electron chi connectivity index (χ3n) is 2.80. The Balaban J connectivity index is 2.60. The number of benzene rings is 1. The van der Waals surface area contributed by atoms with E-state index in [0.29, 0.717) is 13.0 Å². The highest BCUT2D eigenvalue weighted by Crippen LogP contribution is 2.12. The number of anilines is 1. The fourth-order valence-corrected chi connectivity index (χ4v) is 1.73. The van der Waals surface area contributed by atoms with Crippen LogP contribution in [0.15, 0.2) is 24.3 Å². The summed E-state index contributed by atoms with van der Waals surface area (Å²) in [4.78, 5) is 13.6. The summed E-state index contributed by atoms with van der Waals surface area (Å²) in [5, 5.41) is 20.6. The van der Waals surface area contributed by atoms with Crippen molar-refractivity contribution in [3.05, 3.63) is 29.8 Å². The van der Waals surface area contributed by atoms with Crippen LogP contribution in [0.4, 0.5) is 5.69 Å². The van der Waals surface area contributed by atoms with E-state index in [1.165, 1.54) is 4.90 Å². The molecular weight excluding hydrogens is 242 g/mol. The molecule has 1 aromatic rings. The number of carbonyl (C=O) groups is 1. The van der Waals surface area contributed by atoms with E-state index in [1.54, 1.807) is 20.0 Å². The molecule has 1 atom stereocenters. The number of hydrogen-bond acceptors (Lipinski definition) is 4. The minimum Gasteiger partial charge on any atom is -0.392 e. The highest BCUT2D eigenvalue weighted by Gasteiger charge is 2.16. The first-order valence-electron chi connectivity index (χ1n) is 6.16. The predicted molar refractivity (Wildman–Crippen MR) is 73.3 cm³/mol. The van der Waals surface area contributed by atoms with Gasteiger partial charge in [0.2, 0.25) is 5.91 Å². The van der Waals surface area contributed by atoms with Crippen molar-refractivity contribution in [1.82, 2.24) is 4.90 Å². The third kappa shape index (κ3) is 4.60. The Morgan fingerprint density at radius 2 is 2.32 bits per heavy atom. The van der Waals surface area contributed by atoms with Gasteiger partial charge in [0.15, 0.2) is 0 Å². The van der Waals surface area contributed by atoms with Gasteiger partial charge >= 0.3 is 0 Å². The van der Waals surface area contributed by atoms with E-state index >= 15 is 0 Å². The molecule has 5 heteroatoms. The van der Waals surface area contributed by atoms with Crippen molar-refractivity contribution in [3.63, 3.8) is 0 Å². The largest absolute Gasteiger partial charge is 0.392 e. The van der Waals surface area contributed by atoms with Crippen LogP contribution in [-0.4, -0.2) is 35.5 Å². The van der Waals surface area contributed by atoms with Crippen molar-refractivity contribution in [2.24, 2.45) is 0 Å². The monoisotopic (exact) mass is 261 g/mol. The molecule has 0 heterocycles. The first kappa shape index (κ1) is 15.0. The molecule has 1 unspecified atom stereocenters. The minimum atomic E-state index is -0.377. The summed E-state index contributed by atoms with van der Waals surface area (Å²) in [5.41, 5.74) is 1.59. The summed E-state index contributed by atoms with van der Waals surface area (Å²) in [7, 11) is 1.68. The molecule has 1 rings (SSSR count). The SMILES string of the molecule is CC(Nc1cccc(CO)c1)C(=O)N(C)CCC#N. The average molecular weight is 261 g/mol. The van der Waals surface area contributed by atoms with Crippen LogP contribution in [0.3, 0.4) is 0 Å². The van der Waals surface area contributed by atoms with E-state index in [-0.39, 0.29) is 18.6 Å². The van der Waals surface area contributed by atoms with Gasteiger partial charge in [-0.1, -0.05) is 12.1 Å². The van der Waals surface area contributed by atoms with Crippen LogP contribution in [0.1, 0.15) is 18.9 Å². The third-order valence-corrected chi connectivity index (χ3v) is 2.80. The second-order valence-electron chi connectivity index (χ2n) is 4.39. The van der Waals surface area contributed by atoms with Gasteiger partial charge in [-0.2, -0.15) is 5.26 Å². The zero-order chi connectivity index (χ0) is 14.3. The van der Waals surface area contributed by atoms with Gasteiger partial charge in [0.25, 0.3) is 0 Å². The Morgan fingerprint density at radius 3 is 2.95 bits per heavy atom.